The molecule has 1 aromatic rings. The summed E-state index contributed by atoms with van der Waals surface area (Å²) < 4.78 is 0. The molecule has 78 valence electrons. The molecule has 1 rings (SSSR count). The second-order valence-electron chi connectivity index (χ2n) is 3.69. The first-order chi connectivity index (χ1) is 6.68. The Morgan fingerprint density at radius 3 is 2.93 bits per heavy atom. The summed E-state index contributed by atoms with van der Waals surface area (Å²) in [4.78, 5) is 4.11. The van der Waals surface area contributed by atoms with Gasteiger partial charge in [0.05, 0.1) is 6.10 Å². The van der Waals surface area contributed by atoms with Crippen LogP contribution in [0.3, 0.4) is 0 Å². The van der Waals surface area contributed by atoms with Crippen molar-refractivity contribution in [2.75, 3.05) is 6.54 Å². The molecular formula is C11H18N2O. The van der Waals surface area contributed by atoms with E-state index in [0.717, 1.165) is 19.5 Å². The normalized spacial score (nSPS) is 12.8. The zero-order chi connectivity index (χ0) is 10.4. The third kappa shape index (κ3) is 4.35. The molecule has 0 aliphatic carbocycles. The summed E-state index contributed by atoms with van der Waals surface area (Å²) >= 11 is 0. The molecule has 3 heteroatoms. The highest BCUT2D eigenvalue weighted by molar-refractivity contribution is 5.16. The van der Waals surface area contributed by atoms with E-state index in [1.54, 1.807) is 6.92 Å². The SMILES string of the molecule is Cc1cncc(CNCCC(C)O)c1. The minimum absolute atomic E-state index is 0.224. The molecule has 0 saturated carbocycles. The van der Waals surface area contributed by atoms with Gasteiger partial charge >= 0.3 is 0 Å². The van der Waals surface area contributed by atoms with E-state index >= 15 is 0 Å². The van der Waals surface area contributed by atoms with Crippen LogP contribution < -0.4 is 5.32 Å². The molecule has 14 heavy (non-hydrogen) atoms. The van der Waals surface area contributed by atoms with Gasteiger partial charge in [-0.2, -0.15) is 0 Å². The van der Waals surface area contributed by atoms with Gasteiger partial charge in [0.1, 0.15) is 0 Å². The molecule has 3 nitrogen and oxygen atoms in total. The fourth-order valence-electron chi connectivity index (χ4n) is 1.26. The Balaban J connectivity index is 2.25. The van der Waals surface area contributed by atoms with Gasteiger partial charge in [0.25, 0.3) is 0 Å². The van der Waals surface area contributed by atoms with Crippen LogP contribution in [0.4, 0.5) is 0 Å². The number of aliphatic hydroxyl groups is 1. The van der Waals surface area contributed by atoms with Gasteiger partial charge < -0.3 is 10.4 Å². The molecule has 0 aliphatic heterocycles. The number of hydrogen-bond donors (Lipinski definition) is 2. The molecule has 0 fully saturated rings. The molecule has 0 radical (unpaired) electrons. The lowest BCUT2D eigenvalue weighted by Crippen LogP contribution is -2.18. The van der Waals surface area contributed by atoms with Gasteiger partial charge in [-0.3, -0.25) is 4.98 Å². The number of aromatic nitrogens is 1. The van der Waals surface area contributed by atoms with E-state index < -0.39 is 0 Å². The summed E-state index contributed by atoms with van der Waals surface area (Å²) in [6.07, 6.45) is 4.28. The first-order valence-corrected chi connectivity index (χ1v) is 4.98. The monoisotopic (exact) mass is 194 g/mol. The van der Waals surface area contributed by atoms with Crippen molar-refractivity contribution in [2.24, 2.45) is 0 Å². The first kappa shape index (κ1) is 11.1. The molecule has 0 spiro atoms. The van der Waals surface area contributed by atoms with Gasteiger partial charge in [-0.15, -0.1) is 0 Å². The molecule has 0 bridgehead atoms. The molecule has 1 aromatic heterocycles. The van der Waals surface area contributed by atoms with Gasteiger partial charge in [-0.05, 0) is 37.9 Å². The van der Waals surface area contributed by atoms with Crippen molar-refractivity contribution in [3.05, 3.63) is 29.6 Å². The van der Waals surface area contributed by atoms with E-state index in [1.807, 2.05) is 19.3 Å². The molecule has 1 atom stereocenters. The minimum Gasteiger partial charge on any atom is -0.393 e. The largest absolute Gasteiger partial charge is 0.393 e. The Morgan fingerprint density at radius 1 is 1.50 bits per heavy atom. The van der Waals surface area contributed by atoms with Gasteiger partial charge in [0, 0.05) is 18.9 Å². The zero-order valence-corrected chi connectivity index (χ0v) is 8.83. The third-order valence-corrected chi connectivity index (χ3v) is 2.00. The quantitative estimate of drug-likeness (QED) is 0.693. The smallest absolute Gasteiger partial charge is 0.0524 e. The predicted molar refractivity (Wildman–Crippen MR) is 57.0 cm³/mol. The summed E-state index contributed by atoms with van der Waals surface area (Å²) in [6, 6.07) is 2.11. The number of rotatable bonds is 5. The van der Waals surface area contributed by atoms with Crippen molar-refractivity contribution in [1.82, 2.24) is 10.3 Å². The average Bonchev–Trinajstić information content (AvgIpc) is 2.12. The second kappa shape index (κ2) is 5.73. The van der Waals surface area contributed by atoms with Crippen LogP contribution in [0.25, 0.3) is 0 Å². The second-order valence-corrected chi connectivity index (χ2v) is 3.69. The Labute approximate surface area is 85.2 Å². The highest BCUT2D eigenvalue weighted by atomic mass is 16.3. The number of aryl methyl sites for hydroxylation is 1. The molecule has 1 heterocycles. The van der Waals surface area contributed by atoms with Gasteiger partial charge in [-0.25, -0.2) is 0 Å². The summed E-state index contributed by atoms with van der Waals surface area (Å²) in [7, 11) is 0. The fourth-order valence-corrected chi connectivity index (χ4v) is 1.26. The maximum absolute atomic E-state index is 9.04. The van der Waals surface area contributed by atoms with Crippen molar-refractivity contribution in [2.45, 2.75) is 32.9 Å². The van der Waals surface area contributed by atoms with Gasteiger partial charge in [0.15, 0.2) is 0 Å². The number of aliphatic hydroxyl groups excluding tert-OH is 1. The number of hydrogen-bond acceptors (Lipinski definition) is 3. The van der Waals surface area contributed by atoms with Crippen LogP contribution in [-0.4, -0.2) is 22.7 Å². The number of nitrogens with zero attached hydrogens (tertiary/aromatic N) is 1. The fraction of sp³-hybridized carbons (Fsp3) is 0.545. The summed E-state index contributed by atoms with van der Waals surface area (Å²) in [5.41, 5.74) is 2.37. The van der Waals surface area contributed by atoms with Crippen molar-refractivity contribution >= 4 is 0 Å². The van der Waals surface area contributed by atoms with Crippen LogP contribution in [0.1, 0.15) is 24.5 Å². The minimum atomic E-state index is -0.224. The third-order valence-electron chi connectivity index (χ3n) is 2.00. The van der Waals surface area contributed by atoms with Crippen LogP contribution in [-0.2, 0) is 6.54 Å². The standard InChI is InChI=1S/C11H18N2O/c1-9-5-11(8-13-6-9)7-12-4-3-10(2)14/h5-6,8,10,12,14H,3-4,7H2,1-2H3. The van der Waals surface area contributed by atoms with Crippen LogP contribution in [0, 0.1) is 6.92 Å². The van der Waals surface area contributed by atoms with Crippen molar-refractivity contribution in [3.63, 3.8) is 0 Å². The Bertz CT molecular complexity index is 274. The highest BCUT2D eigenvalue weighted by Crippen LogP contribution is 2.00. The van der Waals surface area contributed by atoms with Crippen molar-refractivity contribution in [1.29, 1.82) is 0 Å². The Morgan fingerprint density at radius 2 is 2.29 bits per heavy atom. The zero-order valence-electron chi connectivity index (χ0n) is 8.83. The summed E-state index contributed by atoms with van der Waals surface area (Å²) in [5, 5.41) is 12.3. The van der Waals surface area contributed by atoms with E-state index in [2.05, 4.69) is 16.4 Å². The maximum atomic E-state index is 9.04. The van der Waals surface area contributed by atoms with E-state index in [1.165, 1.54) is 11.1 Å². The van der Waals surface area contributed by atoms with Crippen LogP contribution >= 0.6 is 0 Å². The lowest BCUT2D eigenvalue weighted by Gasteiger charge is -2.06. The Kier molecular flexibility index (Phi) is 4.56. The van der Waals surface area contributed by atoms with E-state index in [-0.39, 0.29) is 6.10 Å². The molecule has 0 amide bonds. The highest BCUT2D eigenvalue weighted by Gasteiger charge is 1.96. The number of pyridine rings is 1. The van der Waals surface area contributed by atoms with E-state index in [0.29, 0.717) is 0 Å². The molecular weight excluding hydrogens is 176 g/mol. The van der Waals surface area contributed by atoms with E-state index in [4.69, 9.17) is 5.11 Å². The maximum Gasteiger partial charge on any atom is 0.0524 e. The lowest BCUT2D eigenvalue weighted by molar-refractivity contribution is 0.183. The molecule has 0 saturated heterocycles. The average molecular weight is 194 g/mol. The first-order valence-electron chi connectivity index (χ1n) is 4.98. The van der Waals surface area contributed by atoms with Gasteiger partial charge in [-0.1, -0.05) is 6.07 Å². The van der Waals surface area contributed by atoms with Crippen LogP contribution in [0.5, 0.6) is 0 Å². The number of nitrogens with one attached hydrogen (secondary N) is 1. The van der Waals surface area contributed by atoms with Crippen LogP contribution in [0.2, 0.25) is 0 Å². The molecule has 0 aromatic carbocycles. The topological polar surface area (TPSA) is 45.2 Å². The van der Waals surface area contributed by atoms with Crippen molar-refractivity contribution in [3.8, 4) is 0 Å². The molecule has 0 aliphatic rings. The Hall–Kier alpha value is -0.930. The van der Waals surface area contributed by atoms with Crippen LogP contribution in [0.15, 0.2) is 18.5 Å². The lowest BCUT2D eigenvalue weighted by atomic mass is 10.2. The van der Waals surface area contributed by atoms with E-state index in [9.17, 15) is 0 Å². The van der Waals surface area contributed by atoms with Gasteiger partial charge in [0.2, 0.25) is 0 Å². The van der Waals surface area contributed by atoms with Crippen molar-refractivity contribution < 1.29 is 5.11 Å². The summed E-state index contributed by atoms with van der Waals surface area (Å²) in [5.74, 6) is 0. The molecule has 1 unspecified atom stereocenters. The molecule has 2 N–H and O–H groups in total. The predicted octanol–water partition coefficient (Wildman–Crippen LogP) is 1.25. The summed E-state index contributed by atoms with van der Waals surface area (Å²) in [6.45, 7) is 5.50.